The molecule has 0 unspecified atom stereocenters. The van der Waals surface area contributed by atoms with E-state index in [-0.39, 0.29) is 6.71 Å². The van der Waals surface area contributed by atoms with Crippen molar-refractivity contribution in [3.05, 3.63) is 164 Å². The van der Waals surface area contributed by atoms with Gasteiger partial charge in [0.05, 0.1) is 32.8 Å². The van der Waals surface area contributed by atoms with Gasteiger partial charge in [-0.25, -0.2) is 0 Å². The highest BCUT2D eigenvalue weighted by Crippen LogP contribution is 2.50. The molecule has 2 aliphatic heterocycles. The molecule has 0 amide bonds. The van der Waals surface area contributed by atoms with Crippen molar-refractivity contribution in [1.82, 2.24) is 9.13 Å². The van der Waals surface area contributed by atoms with Crippen LogP contribution in [-0.4, -0.2) is 15.8 Å². The van der Waals surface area contributed by atoms with Gasteiger partial charge in [-0.15, -0.1) is 0 Å². The highest BCUT2D eigenvalue weighted by molar-refractivity contribution is 8.01. The monoisotopic (exact) mass is 722 g/mol. The number of fused-ring (bicyclic) bond motifs is 16. The Bertz CT molecular complexity index is 3340. The number of benzene rings is 8. The molecule has 0 aliphatic carbocycles. The lowest BCUT2D eigenvalue weighted by molar-refractivity contribution is 0.673. The molecule has 3 aromatic heterocycles. The van der Waals surface area contributed by atoms with Crippen LogP contribution in [0.4, 0.5) is 0 Å². The maximum atomic E-state index is 7.02. The Morgan fingerprint density at radius 1 is 0.426 bits per heavy atom. The summed E-state index contributed by atoms with van der Waals surface area (Å²) in [6.45, 7) is 0.211. The molecular formula is C48H27BN2OS2. The molecule has 54 heavy (non-hydrogen) atoms. The maximum absolute atomic E-state index is 7.02. The van der Waals surface area contributed by atoms with Gasteiger partial charge in [-0.2, -0.15) is 0 Å². The summed E-state index contributed by atoms with van der Waals surface area (Å²) in [4.78, 5) is 5.32. The highest BCUT2D eigenvalue weighted by atomic mass is 32.2. The van der Waals surface area contributed by atoms with Crippen LogP contribution in [-0.2, 0) is 0 Å². The normalized spacial score (nSPS) is 13.4. The van der Waals surface area contributed by atoms with Gasteiger partial charge in [0.1, 0.15) is 11.2 Å². The Hall–Kier alpha value is -6.08. The fraction of sp³-hybridized carbons (Fsp3) is 0. The van der Waals surface area contributed by atoms with Crippen LogP contribution in [0.25, 0.3) is 76.9 Å². The van der Waals surface area contributed by atoms with Crippen molar-refractivity contribution < 1.29 is 4.42 Å². The lowest BCUT2D eigenvalue weighted by Crippen LogP contribution is -2.58. The van der Waals surface area contributed by atoms with E-state index in [1.54, 1.807) is 0 Å². The van der Waals surface area contributed by atoms with Crippen molar-refractivity contribution in [2.45, 2.75) is 19.6 Å². The number of para-hydroxylation sites is 4. The third-order valence-corrected chi connectivity index (χ3v) is 13.9. The van der Waals surface area contributed by atoms with Crippen LogP contribution in [0.1, 0.15) is 0 Å². The van der Waals surface area contributed by atoms with E-state index < -0.39 is 0 Å². The molecule has 11 aromatic rings. The van der Waals surface area contributed by atoms with E-state index in [0.29, 0.717) is 0 Å². The van der Waals surface area contributed by atoms with Gasteiger partial charge < -0.3 is 13.6 Å². The summed E-state index contributed by atoms with van der Waals surface area (Å²) in [7, 11) is 0. The Morgan fingerprint density at radius 2 is 0.926 bits per heavy atom. The van der Waals surface area contributed by atoms with Gasteiger partial charge in [0.15, 0.2) is 0 Å². The molecule has 0 N–H and O–H groups in total. The Morgan fingerprint density at radius 3 is 1.59 bits per heavy atom. The first-order chi connectivity index (χ1) is 26.8. The topological polar surface area (TPSA) is 23.0 Å². The molecule has 250 valence electrons. The van der Waals surface area contributed by atoms with E-state index in [2.05, 4.69) is 173 Å². The van der Waals surface area contributed by atoms with Gasteiger partial charge in [-0.3, -0.25) is 0 Å². The summed E-state index contributed by atoms with van der Waals surface area (Å²) in [5.74, 6) is 0. The molecule has 0 radical (unpaired) electrons. The van der Waals surface area contributed by atoms with Gasteiger partial charge in [0.2, 0.25) is 6.71 Å². The number of furan rings is 1. The van der Waals surface area contributed by atoms with Gasteiger partial charge in [-0.1, -0.05) is 144 Å². The second-order valence-corrected chi connectivity index (χ2v) is 16.5. The smallest absolute Gasteiger partial charge is 0.247 e. The molecule has 0 bridgehead atoms. The van der Waals surface area contributed by atoms with Crippen molar-refractivity contribution in [3.8, 4) is 11.4 Å². The van der Waals surface area contributed by atoms with Crippen LogP contribution < -0.4 is 16.4 Å². The van der Waals surface area contributed by atoms with E-state index in [4.69, 9.17) is 4.42 Å². The largest absolute Gasteiger partial charge is 0.455 e. The van der Waals surface area contributed by atoms with Crippen LogP contribution in [0.15, 0.2) is 188 Å². The predicted molar refractivity (Wildman–Crippen MR) is 228 cm³/mol. The van der Waals surface area contributed by atoms with Crippen LogP contribution in [0.3, 0.4) is 0 Å². The number of rotatable bonds is 2. The standard InChI is InChI=1S/C48H27BN2OS2/c1-2-14-28(15-3-1)50-35-21-9-4-16-30(35)42-46-43(48-44(47(42)50)32-18-6-11-23-37(32)52-48)31-17-5-10-22-36(31)51(46)29-26-40-45-41(27-29)54-39-25-13-8-20-34(39)49(45)33-19-7-12-24-38(33)53-40/h1-27H. The van der Waals surface area contributed by atoms with Gasteiger partial charge in [0, 0.05) is 52.5 Å². The molecule has 13 rings (SSSR count). The summed E-state index contributed by atoms with van der Waals surface area (Å²) in [5, 5.41) is 7.09. The molecule has 0 saturated carbocycles. The van der Waals surface area contributed by atoms with Gasteiger partial charge >= 0.3 is 0 Å². The van der Waals surface area contributed by atoms with Crippen molar-refractivity contribution in [2.24, 2.45) is 0 Å². The zero-order valence-electron chi connectivity index (χ0n) is 28.8. The molecule has 0 saturated heterocycles. The van der Waals surface area contributed by atoms with Crippen LogP contribution in [0.5, 0.6) is 0 Å². The molecule has 3 nitrogen and oxygen atoms in total. The maximum Gasteiger partial charge on any atom is 0.247 e. The minimum Gasteiger partial charge on any atom is -0.455 e. The minimum atomic E-state index is 0.211. The van der Waals surface area contributed by atoms with Crippen molar-refractivity contribution in [3.63, 3.8) is 0 Å². The van der Waals surface area contributed by atoms with Crippen LogP contribution >= 0.6 is 23.5 Å². The Labute approximate surface area is 318 Å². The summed E-state index contributed by atoms with van der Waals surface area (Å²) < 4.78 is 12.0. The van der Waals surface area contributed by atoms with Crippen molar-refractivity contribution in [1.29, 1.82) is 0 Å². The Balaban J connectivity index is 1.24. The third-order valence-electron chi connectivity index (χ3n) is 11.6. The zero-order valence-corrected chi connectivity index (χ0v) is 30.4. The van der Waals surface area contributed by atoms with Crippen molar-refractivity contribution >= 4 is 112 Å². The summed E-state index contributed by atoms with van der Waals surface area (Å²) in [5.41, 5.74) is 13.1. The second kappa shape index (κ2) is 10.8. The number of hydrogen-bond donors (Lipinski definition) is 0. The van der Waals surface area contributed by atoms with Gasteiger partial charge in [-0.05, 0) is 60.1 Å². The molecule has 2 aliphatic rings. The quantitative estimate of drug-likeness (QED) is 0.166. The summed E-state index contributed by atoms with van der Waals surface area (Å²) in [6, 6.07) is 60.0. The molecule has 8 aromatic carbocycles. The third kappa shape index (κ3) is 3.76. The van der Waals surface area contributed by atoms with Crippen molar-refractivity contribution in [2.75, 3.05) is 0 Å². The van der Waals surface area contributed by atoms with Crippen LogP contribution in [0, 0.1) is 0 Å². The molecule has 5 heterocycles. The average Bonchev–Trinajstić information content (AvgIpc) is 3.89. The van der Waals surface area contributed by atoms with E-state index >= 15 is 0 Å². The Kier molecular flexibility index (Phi) is 5.85. The highest BCUT2D eigenvalue weighted by Gasteiger charge is 2.38. The lowest BCUT2D eigenvalue weighted by Gasteiger charge is -2.33. The molecule has 0 atom stereocenters. The minimum absolute atomic E-state index is 0.211. The zero-order chi connectivity index (χ0) is 35.1. The van der Waals surface area contributed by atoms with Crippen LogP contribution in [0.2, 0.25) is 0 Å². The molecule has 0 spiro atoms. The summed E-state index contributed by atoms with van der Waals surface area (Å²) in [6.07, 6.45) is 0. The SMILES string of the molecule is c1ccc(-n2c3ccccc3c3c4c(c5ccccc5n4-c4cc5c6c(c4)Sc4ccccc4B6c4ccccc4S5)c4oc5ccccc5c4c32)cc1. The van der Waals surface area contributed by atoms with E-state index in [1.165, 1.54) is 79.9 Å². The van der Waals surface area contributed by atoms with Gasteiger partial charge in [0.25, 0.3) is 0 Å². The fourth-order valence-corrected chi connectivity index (χ4v) is 12.0. The van der Waals surface area contributed by atoms with E-state index in [9.17, 15) is 0 Å². The van der Waals surface area contributed by atoms with E-state index in [1.807, 2.05) is 23.5 Å². The molecule has 0 fully saturated rings. The number of hydrogen-bond acceptors (Lipinski definition) is 3. The molecular weight excluding hydrogens is 695 g/mol. The number of nitrogens with zero attached hydrogens (tertiary/aromatic N) is 2. The predicted octanol–water partition coefficient (Wildman–Crippen LogP) is 11.2. The first kappa shape index (κ1) is 29.4. The number of aromatic nitrogens is 2. The average molecular weight is 723 g/mol. The summed E-state index contributed by atoms with van der Waals surface area (Å²) >= 11 is 3.82. The first-order valence-corrected chi connectivity index (χ1v) is 20.0. The lowest BCUT2D eigenvalue weighted by atomic mass is 9.36. The fourth-order valence-electron chi connectivity index (χ4n) is 9.50. The second-order valence-electron chi connectivity index (χ2n) is 14.4. The first-order valence-electron chi connectivity index (χ1n) is 18.4. The molecule has 6 heteroatoms. The van der Waals surface area contributed by atoms with E-state index in [0.717, 1.165) is 33.0 Å².